The Bertz CT molecular complexity index is 1240. The minimum Gasteiger partial charge on any atom is -0.200 e. The fraction of sp³-hybridized carbons (Fsp3) is 0.300. The van der Waals surface area contributed by atoms with E-state index in [1.807, 2.05) is 0 Å². The van der Waals surface area contributed by atoms with Crippen LogP contribution in [0.4, 0.5) is 0 Å². The van der Waals surface area contributed by atoms with Crippen LogP contribution in [-0.4, -0.2) is 0 Å². The Hall–Kier alpha value is -2.93. The van der Waals surface area contributed by atoms with Crippen molar-refractivity contribution in [2.45, 2.75) is 52.9 Å². The molecule has 1 heterocycles. The van der Waals surface area contributed by atoms with Gasteiger partial charge in [-0.25, -0.2) is 4.57 Å². The normalized spacial score (nSPS) is 12.0. The molecule has 0 saturated carbocycles. The molecule has 0 amide bonds. The van der Waals surface area contributed by atoms with Gasteiger partial charge in [0.05, 0.1) is 10.9 Å². The van der Waals surface area contributed by atoms with Gasteiger partial charge in [0.25, 0.3) is 0 Å². The lowest BCUT2D eigenvalue weighted by Gasteiger charge is -2.20. The van der Waals surface area contributed by atoms with Crippen LogP contribution in [0, 0.1) is 6.92 Å². The van der Waals surface area contributed by atoms with Crippen molar-refractivity contribution >= 4 is 10.8 Å². The summed E-state index contributed by atoms with van der Waals surface area (Å²) < 4.78 is 2.28. The molecule has 158 valence electrons. The van der Waals surface area contributed by atoms with Crippen molar-refractivity contribution in [2.75, 3.05) is 0 Å². The van der Waals surface area contributed by atoms with E-state index in [2.05, 4.69) is 126 Å². The Labute approximate surface area is 187 Å². The van der Waals surface area contributed by atoms with Crippen molar-refractivity contribution in [1.29, 1.82) is 0 Å². The molecule has 4 aromatic rings. The number of rotatable bonds is 3. The summed E-state index contributed by atoms with van der Waals surface area (Å²) in [6.07, 6.45) is 2.20. The molecule has 0 aliphatic carbocycles. The number of nitrogens with zero attached hydrogens (tertiary/aromatic N) is 1. The van der Waals surface area contributed by atoms with Crippen LogP contribution in [0.3, 0.4) is 0 Å². The van der Waals surface area contributed by atoms with Gasteiger partial charge in [-0.15, -0.1) is 0 Å². The van der Waals surface area contributed by atoms with E-state index in [1.54, 1.807) is 0 Å². The second-order valence-corrected chi connectivity index (χ2v) is 10.1. The molecule has 3 aromatic carbocycles. The van der Waals surface area contributed by atoms with Crippen LogP contribution in [0.5, 0.6) is 0 Å². The van der Waals surface area contributed by atoms with Crippen LogP contribution in [0.25, 0.3) is 33.2 Å². The monoisotopic (exact) mass is 408 g/mol. The molecule has 0 radical (unpaired) electrons. The number of fused-ring (bicyclic) bond motifs is 1. The highest BCUT2D eigenvalue weighted by Crippen LogP contribution is 2.37. The van der Waals surface area contributed by atoms with Gasteiger partial charge in [-0.2, -0.15) is 0 Å². The summed E-state index contributed by atoms with van der Waals surface area (Å²) in [6, 6.07) is 24.7. The molecule has 1 aromatic heterocycles. The van der Waals surface area contributed by atoms with Crippen LogP contribution >= 0.6 is 0 Å². The maximum atomic E-state index is 2.38. The average Bonchev–Trinajstić information content (AvgIpc) is 2.73. The Morgan fingerprint density at radius 3 is 2.16 bits per heavy atom. The van der Waals surface area contributed by atoms with Crippen molar-refractivity contribution in [2.24, 2.45) is 7.05 Å². The van der Waals surface area contributed by atoms with E-state index in [0.717, 1.165) is 0 Å². The highest BCUT2D eigenvalue weighted by molar-refractivity contribution is 5.95. The summed E-state index contributed by atoms with van der Waals surface area (Å²) in [5, 5.41) is 2.61. The number of hydrogen-bond donors (Lipinski definition) is 0. The van der Waals surface area contributed by atoms with Gasteiger partial charge >= 0.3 is 0 Å². The van der Waals surface area contributed by atoms with Crippen molar-refractivity contribution in [1.82, 2.24) is 0 Å². The number of hydrogen-bond acceptors (Lipinski definition) is 0. The van der Waals surface area contributed by atoms with E-state index in [4.69, 9.17) is 0 Å². The molecular formula is C30H34N+. The maximum absolute atomic E-state index is 2.38. The number of aryl methyl sites for hydroxylation is 1. The molecule has 1 nitrogen and oxygen atoms in total. The van der Waals surface area contributed by atoms with Gasteiger partial charge in [0.2, 0.25) is 5.69 Å². The third-order valence-corrected chi connectivity index (χ3v) is 6.44. The first-order valence-electron chi connectivity index (χ1n) is 11.3. The molecular weight excluding hydrogens is 374 g/mol. The molecule has 0 aliphatic heterocycles. The van der Waals surface area contributed by atoms with Gasteiger partial charge in [-0.05, 0) is 63.6 Å². The summed E-state index contributed by atoms with van der Waals surface area (Å²) in [7, 11) is 2.16. The molecule has 0 spiro atoms. The first-order valence-corrected chi connectivity index (χ1v) is 11.3. The molecule has 0 unspecified atom stereocenters. The standard InChI is InChI=1S/C30H34N/c1-20(2)27-18-24(22-11-9-8-10-12-22)19-28(21(27)3)29-26-14-13-25(30(4,5)6)17-23(26)15-16-31(29)7/h8-20H,1-7H3/q+1. The van der Waals surface area contributed by atoms with Gasteiger partial charge < -0.3 is 0 Å². The topological polar surface area (TPSA) is 3.88 Å². The fourth-order valence-electron chi connectivity index (χ4n) is 4.55. The second-order valence-electron chi connectivity index (χ2n) is 10.1. The highest BCUT2D eigenvalue weighted by Gasteiger charge is 2.22. The molecule has 1 heteroatoms. The van der Waals surface area contributed by atoms with Gasteiger partial charge in [0.1, 0.15) is 7.05 Å². The van der Waals surface area contributed by atoms with Crippen molar-refractivity contribution in [3.8, 4) is 22.4 Å². The zero-order valence-electron chi connectivity index (χ0n) is 20.0. The van der Waals surface area contributed by atoms with E-state index in [0.29, 0.717) is 5.92 Å². The minimum absolute atomic E-state index is 0.139. The van der Waals surface area contributed by atoms with Crippen LogP contribution in [0.15, 0.2) is 72.9 Å². The van der Waals surface area contributed by atoms with Gasteiger partial charge in [-0.3, -0.25) is 0 Å². The van der Waals surface area contributed by atoms with E-state index in [9.17, 15) is 0 Å². The molecule has 0 atom stereocenters. The molecule has 0 bridgehead atoms. The lowest BCUT2D eigenvalue weighted by molar-refractivity contribution is -0.659. The van der Waals surface area contributed by atoms with E-state index < -0.39 is 0 Å². The van der Waals surface area contributed by atoms with Crippen molar-refractivity contribution in [3.63, 3.8) is 0 Å². The zero-order valence-corrected chi connectivity index (χ0v) is 20.0. The minimum atomic E-state index is 0.139. The summed E-state index contributed by atoms with van der Waals surface area (Å²) >= 11 is 0. The Balaban J connectivity index is 2.03. The van der Waals surface area contributed by atoms with Crippen LogP contribution in [0.2, 0.25) is 0 Å². The third kappa shape index (κ3) is 4.02. The Morgan fingerprint density at radius 1 is 0.806 bits per heavy atom. The molecule has 4 rings (SSSR count). The lowest BCUT2D eigenvalue weighted by Crippen LogP contribution is -2.31. The smallest absolute Gasteiger partial charge is 0.200 e. The SMILES string of the molecule is Cc1c(-c2c3ccc(C(C)(C)C)cc3cc[n+]2C)cc(-c2ccccc2)cc1C(C)C. The van der Waals surface area contributed by atoms with Crippen LogP contribution in [0.1, 0.15) is 57.2 Å². The van der Waals surface area contributed by atoms with Crippen LogP contribution in [-0.2, 0) is 12.5 Å². The summed E-state index contributed by atoms with van der Waals surface area (Å²) in [5.41, 5.74) is 9.46. The fourth-order valence-corrected chi connectivity index (χ4v) is 4.55. The zero-order chi connectivity index (χ0) is 22.3. The molecule has 0 aliphatic rings. The number of aromatic nitrogens is 1. The summed E-state index contributed by atoms with van der Waals surface area (Å²) in [5.74, 6) is 0.468. The largest absolute Gasteiger partial charge is 0.220 e. The van der Waals surface area contributed by atoms with E-state index >= 15 is 0 Å². The molecule has 0 saturated heterocycles. The lowest BCUT2D eigenvalue weighted by atomic mass is 9.84. The maximum Gasteiger partial charge on any atom is 0.220 e. The Kier molecular flexibility index (Phi) is 5.47. The van der Waals surface area contributed by atoms with Crippen LogP contribution < -0.4 is 4.57 Å². The number of pyridine rings is 1. The van der Waals surface area contributed by atoms with E-state index in [-0.39, 0.29) is 5.41 Å². The molecule has 31 heavy (non-hydrogen) atoms. The Morgan fingerprint density at radius 2 is 1.52 bits per heavy atom. The van der Waals surface area contributed by atoms with Gasteiger partial charge in [0, 0.05) is 6.07 Å². The predicted molar refractivity (Wildman–Crippen MR) is 134 cm³/mol. The third-order valence-electron chi connectivity index (χ3n) is 6.44. The highest BCUT2D eigenvalue weighted by atomic mass is 14.9. The average molecular weight is 409 g/mol. The second kappa shape index (κ2) is 7.96. The van der Waals surface area contributed by atoms with E-state index in [1.165, 1.54) is 49.8 Å². The summed E-state index contributed by atoms with van der Waals surface area (Å²) in [4.78, 5) is 0. The molecule has 0 N–H and O–H groups in total. The predicted octanol–water partition coefficient (Wildman–Crippen LogP) is 7.73. The summed E-state index contributed by atoms with van der Waals surface area (Å²) in [6.45, 7) is 13.7. The first kappa shape index (κ1) is 21.3. The number of benzene rings is 3. The van der Waals surface area contributed by atoms with Gasteiger partial charge in [0.15, 0.2) is 6.20 Å². The molecule has 0 fully saturated rings. The van der Waals surface area contributed by atoms with Gasteiger partial charge in [-0.1, -0.05) is 83.1 Å². The quantitative estimate of drug-likeness (QED) is 0.305. The van der Waals surface area contributed by atoms with Crippen molar-refractivity contribution in [3.05, 3.63) is 89.6 Å². The van der Waals surface area contributed by atoms with Crippen molar-refractivity contribution < 1.29 is 4.57 Å². The first-order chi connectivity index (χ1) is 14.7.